The van der Waals surface area contributed by atoms with Gasteiger partial charge in [0.15, 0.2) is 0 Å². The van der Waals surface area contributed by atoms with Crippen LogP contribution in [0.5, 0.6) is 0 Å². The molecule has 0 heterocycles. The Hall–Kier alpha value is -1.83. The van der Waals surface area contributed by atoms with Crippen molar-refractivity contribution in [1.82, 2.24) is 4.90 Å². The van der Waals surface area contributed by atoms with Gasteiger partial charge in [-0.2, -0.15) is 0 Å². The van der Waals surface area contributed by atoms with Crippen molar-refractivity contribution in [1.29, 1.82) is 0 Å². The molecule has 0 aliphatic carbocycles. The zero-order valence-electron chi connectivity index (χ0n) is 13.1. The molecule has 2 N–H and O–H groups in total. The van der Waals surface area contributed by atoms with Gasteiger partial charge in [0.05, 0.1) is 17.8 Å². The number of aryl methyl sites for hydroxylation is 1. The molecule has 0 aliphatic heterocycles. The Kier molecular flexibility index (Phi) is 5.95. The van der Waals surface area contributed by atoms with Crippen molar-refractivity contribution in [3.63, 3.8) is 0 Å². The summed E-state index contributed by atoms with van der Waals surface area (Å²) < 4.78 is 0. The van der Waals surface area contributed by atoms with Gasteiger partial charge in [-0.1, -0.05) is 23.5 Å². The van der Waals surface area contributed by atoms with Gasteiger partial charge in [-0.15, -0.1) is 0 Å². The maximum absolute atomic E-state index is 12.5. The molecule has 21 heavy (non-hydrogen) atoms. The molecule has 1 amide bonds. The summed E-state index contributed by atoms with van der Waals surface area (Å²) in [6, 6.07) is 5.51. The number of likely N-dealkylation sites (N-methyl/N-ethyl adjacent to an activating group) is 1. The molecule has 114 valence electrons. The van der Waals surface area contributed by atoms with Crippen LogP contribution in [0.15, 0.2) is 18.2 Å². The Balaban J connectivity index is 3.08. The van der Waals surface area contributed by atoms with E-state index in [4.69, 9.17) is 5.11 Å². The largest absolute Gasteiger partial charge is 0.395 e. The molecule has 0 unspecified atom stereocenters. The molecule has 0 saturated carbocycles. The smallest absolute Gasteiger partial charge is 0.254 e. The number of nitrogens with zero attached hydrogens (tertiary/aromatic N) is 1. The first-order valence-electron chi connectivity index (χ1n) is 6.93. The van der Waals surface area contributed by atoms with Crippen LogP contribution < -0.4 is 0 Å². The Labute approximate surface area is 126 Å². The van der Waals surface area contributed by atoms with E-state index < -0.39 is 5.60 Å². The average Bonchev–Trinajstić information content (AvgIpc) is 2.37. The number of amides is 1. The highest BCUT2D eigenvalue weighted by Crippen LogP contribution is 2.15. The Morgan fingerprint density at radius 1 is 1.38 bits per heavy atom. The van der Waals surface area contributed by atoms with Gasteiger partial charge in [0.25, 0.3) is 5.91 Å². The van der Waals surface area contributed by atoms with Gasteiger partial charge in [-0.05, 0) is 32.9 Å². The van der Waals surface area contributed by atoms with Crippen molar-refractivity contribution in [3.05, 3.63) is 34.9 Å². The van der Waals surface area contributed by atoms with Crippen LogP contribution in [0.4, 0.5) is 0 Å². The van der Waals surface area contributed by atoms with Crippen molar-refractivity contribution in [2.24, 2.45) is 0 Å². The minimum Gasteiger partial charge on any atom is -0.395 e. The first-order chi connectivity index (χ1) is 9.74. The number of carbonyl (C=O) groups excluding carboxylic acids is 1. The van der Waals surface area contributed by atoms with E-state index in [0.29, 0.717) is 17.5 Å². The molecular weight excluding hydrogens is 266 g/mol. The summed E-state index contributed by atoms with van der Waals surface area (Å²) in [5.74, 6) is 5.58. The van der Waals surface area contributed by atoms with Crippen molar-refractivity contribution in [2.75, 3.05) is 20.2 Å². The van der Waals surface area contributed by atoms with Gasteiger partial charge in [0, 0.05) is 25.6 Å². The molecular formula is C17H23NO3. The molecule has 1 aromatic rings. The molecule has 0 fully saturated rings. The lowest BCUT2D eigenvalue weighted by Gasteiger charge is -2.26. The summed E-state index contributed by atoms with van der Waals surface area (Å²) in [5, 5.41) is 18.6. The molecule has 0 radical (unpaired) electrons. The Morgan fingerprint density at radius 3 is 2.62 bits per heavy atom. The SMILES string of the molecule is Cc1ccc(C#CCCO)c(C(=O)N(C)CC(C)(C)O)c1. The van der Waals surface area contributed by atoms with Gasteiger partial charge in [-0.3, -0.25) is 4.79 Å². The van der Waals surface area contributed by atoms with Gasteiger partial charge < -0.3 is 15.1 Å². The molecule has 0 aliphatic rings. The van der Waals surface area contributed by atoms with Gasteiger partial charge >= 0.3 is 0 Å². The number of hydrogen-bond acceptors (Lipinski definition) is 3. The van der Waals surface area contributed by atoms with Gasteiger partial charge in [0.2, 0.25) is 0 Å². The lowest BCUT2D eigenvalue weighted by atomic mass is 10.0. The van der Waals surface area contributed by atoms with Crippen LogP contribution in [-0.4, -0.2) is 46.8 Å². The van der Waals surface area contributed by atoms with Crippen LogP contribution >= 0.6 is 0 Å². The normalized spacial score (nSPS) is 10.8. The number of rotatable bonds is 4. The third kappa shape index (κ3) is 5.58. The van der Waals surface area contributed by atoms with Crippen LogP contribution in [-0.2, 0) is 0 Å². The summed E-state index contributed by atoms with van der Waals surface area (Å²) in [7, 11) is 1.66. The summed E-state index contributed by atoms with van der Waals surface area (Å²) >= 11 is 0. The highest BCUT2D eigenvalue weighted by Gasteiger charge is 2.21. The Bertz CT molecular complexity index is 562. The second-order valence-electron chi connectivity index (χ2n) is 5.80. The maximum Gasteiger partial charge on any atom is 0.254 e. The van der Waals surface area contributed by atoms with E-state index in [1.54, 1.807) is 27.0 Å². The quantitative estimate of drug-likeness (QED) is 0.827. The third-order valence-electron chi connectivity index (χ3n) is 2.84. The first-order valence-corrected chi connectivity index (χ1v) is 6.93. The lowest BCUT2D eigenvalue weighted by Crippen LogP contribution is -2.40. The van der Waals surface area contributed by atoms with Gasteiger partial charge in [0.1, 0.15) is 0 Å². The zero-order chi connectivity index (χ0) is 16.0. The van der Waals surface area contributed by atoms with E-state index in [9.17, 15) is 9.90 Å². The number of aliphatic hydroxyl groups excluding tert-OH is 1. The topological polar surface area (TPSA) is 60.8 Å². The highest BCUT2D eigenvalue weighted by atomic mass is 16.3. The zero-order valence-corrected chi connectivity index (χ0v) is 13.1. The number of hydrogen-bond donors (Lipinski definition) is 2. The highest BCUT2D eigenvalue weighted by molar-refractivity contribution is 5.96. The van der Waals surface area contributed by atoms with E-state index in [2.05, 4.69) is 11.8 Å². The number of aliphatic hydroxyl groups is 2. The lowest BCUT2D eigenvalue weighted by molar-refractivity contribution is 0.0367. The molecule has 1 rings (SSSR count). The fourth-order valence-corrected chi connectivity index (χ4v) is 2.02. The second kappa shape index (κ2) is 7.26. The first kappa shape index (κ1) is 17.2. The Morgan fingerprint density at radius 2 is 2.05 bits per heavy atom. The monoisotopic (exact) mass is 289 g/mol. The minimum absolute atomic E-state index is 0.000740. The summed E-state index contributed by atoms with van der Waals surface area (Å²) in [4.78, 5) is 14.0. The molecule has 0 aromatic heterocycles. The van der Waals surface area contributed by atoms with E-state index in [-0.39, 0.29) is 19.1 Å². The van der Waals surface area contributed by atoms with E-state index >= 15 is 0 Å². The summed E-state index contributed by atoms with van der Waals surface area (Å²) in [6.45, 7) is 5.48. The summed E-state index contributed by atoms with van der Waals surface area (Å²) in [5.41, 5.74) is 1.19. The molecule has 0 bridgehead atoms. The fourth-order valence-electron chi connectivity index (χ4n) is 2.02. The van der Waals surface area contributed by atoms with Crippen molar-refractivity contribution in [3.8, 4) is 11.8 Å². The van der Waals surface area contributed by atoms with Crippen LogP contribution in [0.25, 0.3) is 0 Å². The standard InChI is InChI=1S/C17H23NO3/c1-13-8-9-14(7-5-6-10-19)15(11-13)16(20)18(4)12-17(2,3)21/h8-9,11,19,21H,6,10,12H2,1-4H3. The third-order valence-corrected chi connectivity index (χ3v) is 2.84. The molecule has 1 aromatic carbocycles. The van der Waals surface area contributed by atoms with E-state index in [1.165, 1.54) is 4.90 Å². The van der Waals surface area contributed by atoms with Crippen LogP contribution in [0.1, 0.15) is 41.8 Å². The molecule has 0 spiro atoms. The van der Waals surface area contributed by atoms with Crippen LogP contribution in [0.3, 0.4) is 0 Å². The van der Waals surface area contributed by atoms with Crippen LogP contribution in [0, 0.1) is 18.8 Å². The molecule has 4 nitrogen and oxygen atoms in total. The fraction of sp³-hybridized carbons (Fsp3) is 0.471. The average molecular weight is 289 g/mol. The summed E-state index contributed by atoms with van der Waals surface area (Å²) in [6.07, 6.45) is 0.376. The van der Waals surface area contributed by atoms with Gasteiger partial charge in [-0.25, -0.2) is 0 Å². The van der Waals surface area contributed by atoms with Crippen molar-refractivity contribution >= 4 is 5.91 Å². The minimum atomic E-state index is -0.947. The predicted molar refractivity (Wildman–Crippen MR) is 83.0 cm³/mol. The van der Waals surface area contributed by atoms with E-state index in [0.717, 1.165) is 5.56 Å². The molecule has 0 saturated heterocycles. The predicted octanol–water partition coefficient (Wildman–Crippen LogP) is 1.57. The van der Waals surface area contributed by atoms with E-state index in [1.807, 2.05) is 19.1 Å². The van der Waals surface area contributed by atoms with Crippen molar-refractivity contribution in [2.45, 2.75) is 32.8 Å². The van der Waals surface area contributed by atoms with Crippen molar-refractivity contribution < 1.29 is 15.0 Å². The number of benzene rings is 1. The second-order valence-corrected chi connectivity index (χ2v) is 5.80. The maximum atomic E-state index is 12.5. The molecule has 4 heteroatoms. The van der Waals surface area contributed by atoms with Crippen LogP contribution in [0.2, 0.25) is 0 Å². The molecule has 0 atom stereocenters. The number of carbonyl (C=O) groups is 1.